The first kappa shape index (κ1) is 84.4. The third-order valence-corrected chi connectivity index (χ3v) is 28.2. The largest absolute Gasteiger partial charge is 0.496 e. The number of hydrogen-bond donors (Lipinski definition) is 7. The van der Waals surface area contributed by atoms with Crippen molar-refractivity contribution < 1.29 is 58.3 Å². The second-order valence-corrected chi connectivity index (χ2v) is 35.9. The number of carbonyl (C=O) groups is 6. The van der Waals surface area contributed by atoms with Crippen LogP contribution in [0.2, 0.25) is 0 Å². The fraction of sp³-hybridized carbons (Fsp3) is 0.392. The number of Topliss-reactive ketones (excluding diaryl/α,β-unsaturated/α-hetero) is 3. The van der Waals surface area contributed by atoms with Gasteiger partial charge >= 0.3 is 0 Å². The molecule has 0 radical (unpaired) electrons. The van der Waals surface area contributed by atoms with Gasteiger partial charge in [-0.25, -0.2) is 19.9 Å². The maximum atomic E-state index is 13.5. The smallest absolute Gasteiger partial charge is 0.291 e. The highest BCUT2D eigenvalue weighted by molar-refractivity contribution is 6.06. The molecule has 6 saturated heterocycles. The molecule has 6 unspecified atom stereocenters. The van der Waals surface area contributed by atoms with Crippen LogP contribution in [-0.4, -0.2) is 236 Å². The third kappa shape index (κ3) is 14.8. The van der Waals surface area contributed by atoms with Gasteiger partial charge in [-0.1, -0.05) is 18.2 Å². The Morgan fingerprint density at radius 2 is 0.762 bits per heavy atom. The van der Waals surface area contributed by atoms with Crippen molar-refractivity contribution in [1.29, 1.82) is 0 Å². The van der Waals surface area contributed by atoms with Crippen LogP contribution < -0.4 is 30.2 Å². The Bertz CT molecular complexity index is 6610. The number of nitrogens with one attached hydrogen (secondary N) is 4. The van der Waals surface area contributed by atoms with E-state index in [2.05, 4.69) is 64.6 Å². The normalized spacial score (nSPS) is 21.2. The van der Waals surface area contributed by atoms with E-state index >= 15 is 0 Å². The van der Waals surface area contributed by atoms with Crippen molar-refractivity contribution in [2.24, 2.45) is 5.41 Å². The molecule has 33 heteroatoms. The van der Waals surface area contributed by atoms with Crippen molar-refractivity contribution in [3.63, 3.8) is 0 Å². The number of aromatic nitrogens is 15. The molecule has 6 atom stereocenters. The van der Waals surface area contributed by atoms with Crippen LogP contribution in [0, 0.1) is 26.2 Å². The number of methoxy groups -OCH3 is 3. The average molecular weight is 1750 g/mol. The summed E-state index contributed by atoms with van der Waals surface area (Å²) in [6, 6.07) is 30.2. The molecule has 10 aromatic heterocycles. The number of ether oxygens (including phenoxy) is 3. The van der Waals surface area contributed by atoms with Gasteiger partial charge in [-0.05, 0) is 194 Å². The minimum Gasteiger partial charge on any atom is -0.496 e. The van der Waals surface area contributed by atoms with E-state index in [0.29, 0.717) is 103 Å². The number of piperidine rings is 3. The lowest BCUT2D eigenvalue weighted by molar-refractivity contribution is -0.151. The topological polar surface area (TPSA) is 407 Å². The molecule has 0 aliphatic carbocycles. The fourth-order valence-electron chi connectivity index (χ4n) is 21.7. The number of aliphatic hydroxyl groups is 3. The molecular weight excluding hydrogens is 1650 g/mol. The molecule has 33 nitrogen and oxygen atoms in total. The van der Waals surface area contributed by atoms with Crippen LogP contribution in [0.15, 0.2) is 135 Å². The van der Waals surface area contributed by atoms with E-state index in [4.69, 9.17) is 44.1 Å². The number of aliphatic hydroxyl groups excluding tert-OH is 3. The molecule has 6 fully saturated rings. The van der Waals surface area contributed by atoms with Crippen LogP contribution in [-0.2, 0) is 9.59 Å². The van der Waals surface area contributed by atoms with Gasteiger partial charge in [-0.2, -0.15) is 33.9 Å². The highest BCUT2D eigenvalue weighted by Crippen LogP contribution is 2.51. The van der Waals surface area contributed by atoms with E-state index in [0.717, 1.165) is 182 Å². The Morgan fingerprint density at radius 1 is 0.431 bits per heavy atom. The zero-order valence-corrected chi connectivity index (χ0v) is 73.4. The number of rotatable bonds is 17. The van der Waals surface area contributed by atoms with Gasteiger partial charge in [0.25, 0.3) is 5.91 Å². The van der Waals surface area contributed by atoms with Gasteiger partial charge in [0.15, 0.2) is 34.3 Å². The first-order chi connectivity index (χ1) is 63.2. The molecule has 13 aromatic rings. The number of nitrogens with zero attached hydrogens (tertiary/aromatic N) is 17. The molecular formula is C97H101N21O12. The van der Waals surface area contributed by atoms with Crippen molar-refractivity contribution in [2.75, 3.05) is 76.7 Å². The molecule has 3 aromatic carbocycles. The highest BCUT2D eigenvalue weighted by Gasteiger charge is 2.52. The lowest BCUT2D eigenvalue weighted by atomic mass is 9.82. The first-order valence-electron chi connectivity index (χ1n) is 44.8. The number of aryl methyl sites for hydroxylation is 3. The van der Waals surface area contributed by atoms with E-state index in [9.17, 15) is 44.1 Å². The molecule has 6 bridgehead atoms. The Labute approximate surface area is 747 Å². The van der Waals surface area contributed by atoms with Crippen LogP contribution in [0.5, 0.6) is 17.2 Å². The van der Waals surface area contributed by atoms with Crippen LogP contribution >= 0.6 is 0 Å². The second kappa shape index (κ2) is 34.3. The third-order valence-electron chi connectivity index (χ3n) is 28.2. The number of H-pyrrole nitrogens is 1. The zero-order valence-electron chi connectivity index (χ0n) is 73.4. The van der Waals surface area contributed by atoms with Crippen molar-refractivity contribution in [3.8, 4) is 84.4 Å². The van der Waals surface area contributed by atoms with E-state index in [1.165, 1.54) is 6.33 Å². The van der Waals surface area contributed by atoms with Gasteiger partial charge in [0, 0.05) is 162 Å². The maximum Gasteiger partial charge on any atom is 0.291 e. The molecule has 9 aliphatic heterocycles. The molecule has 130 heavy (non-hydrogen) atoms. The number of anilines is 3. The quantitative estimate of drug-likeness (QED) is 0.0445. The SMILES string of the molecule is COc1ccc(-c2ccc(-c3cnn4c5c(c(C6CC7CCC(C6)N7C(=O)C(C)(CO)CO)nc34)C(=O)CCN5)cn2)cc1C.COc1ccc(-c2ccc(-c3cnn4c5c(c(C6CC7CCC(C6)N7C(=O)CO)nc34)C(=O)CCN5)cn2)cc1C.COc1ccc(-c2ccc(-c3cnn4c5c(c(C6CC7CCC(C6)N7C(=O)c6ncn[nH]6)nc34)C(=O)CCN5)cn2)cc1C. The number of benzene rings is 3. The van der Waals surface area contributed by atoms with Gasteiger partial charge < -0.3 is 60.2 Å². The second-order valence-electron chi connectivity index (χ2n) is 35.9. The summed E-state index contributed by atoms with van der Waals surface area (Å²) in [5.41, 5.74) is 18.8. The summed E-state index contributed by atoms with van der Waals surface area (Å²) in [6.07, 6.45) is 23.0. The Kier molecular flexibility index (Phi) is 22.3. The van der Waals surface area contributed by atoms with Gasteiger partial charge in [0.2, 0.25) is 17.6 Å². The number of hydrogen-bond acceptors (Lipinski definition) is 26. The minimum atomic E-state index is -1.22. The highest BCUT2D eigenvalue weighted by atomic mass is 16.5. The van der Waals surface area contributed by atoms with Crippen LogP contribution in [0.4, 0.5) is 17.5 Å². The number of aromatic amines is 1. The van der Waals surface area contributed by atoms with Crippen molar-refractivity contribution in [1.82, 2.24) is 88.6 Å². The molecule has 22 rings (SSSR count). The van der Waals surface area contributed by atoms with E-state index in [1.54, 1.807) is 60.4 Å². The van der Waals surface area contributed by atoms with Crippen LogP contribution in [0.3, 0.4) is 0 Å². The first-order valence-corrected chi connectivity index (χ1v) is 44.8. The van der Waals surface area contributed by atoms with Gasteiger partial charge in [0.1, 0.15) is 47.6 Å². The summed E-state index contributed by atoms with van der Waals surface area (Å²) in [6.45, 7) is 7.98. The molecule has 7 N–H and O–H groups in total. The predicted octanol–water partition coefficient (Wildman–Crippen LogP) is 12.4. The number of amides is 3. The van der Waals surface area contributed by atoms with Gasteiger partial charge in [-0.3, -0.25) is 48.8 Å². The number of pyridine rings is 3. The molecule has 19 heterocycles. The van der Waals surface area contributed by atoms with E-state index in [-0.39, 0.29) is 94.9 Å². The molecule has 3 amide bonds. The predicted molar refractivity (Wildman–Crippen MR) is 483 cm³/mol. The summed E-state index contributed by atoms with van der Waals surface area (Å²) in [4.78, 5) is 119. The summed E-state index contributed by atoms with van der Waals surface area (Å²) < 4.78 is 21.4. The summed E-state index contributed by atoms with van der Waals surface area (Å²) in [5.74, 6) is 4.54. The summed E-state index contributed by atoms with van der Waals surface area (Å²) in [5, 5.41) is 60.1. The monoisotopic (exact) mass is 1750 g/mol. The van der Waals surface area contributed by atoms with Gasteiger partial charge in [-0.15, -0.1) is 0 Å². The summed E-state index contributed by atoms with van der Waals surface area (Å²) >= 11 is 0. The number of fused-ring (bicyclic) bond motifs is 15. The molecule has 0 saturated carbocycles. The van der Waals surface area contributed by atoms with Crippen LogP contribution in [0.25, 0.3) is 84.1 Å². The fourth-order valence-corrected chi connectivity index (χ4v) is 21.7. The number of ketones is 3. The van der Waals surface area contributed by atoms with E-state index in [1.807, 2.05) is 127 Å². The maximum absolute atomic E-state index is 13.5. The van der Waals surface area contributed by atoms with Crippen molar-refractivity contribution >= 4 is 69.5 Å². The minimum absolute atomic E-state index is 0.0229. The Balaban J connectivity index is 0.000000122. The van der Waals surface area contributed by atoms with Crippen LogP contribution in [0.1, 0.15) is 196 Å². The zero-order chi connectivity index (χ0) is 89.7. The summed E-state index contributed by atoms with van der Waals surface area (Å²) in [7, 11) is 4.99. The van der Waals surface area contributed by atoms with Crippen molar-refractivity contribution in [3.05, 3.63) is 191 Å². The Hall–Kier alpha value is -13.8. The number of carbonyl (C=O) groups excluding carboxylic acids is 6. The lowest BCUT2D eigenvalue weighted by Crippen LogP contribution is -2.54. The molecule has 0 spiro atoms. The van der Waals surface area contributed by atoms with E-state index < -0.39 is 25.2 Å². The average Bonchev–Trinajstić information content (AvgIpc) is 1.54. The van der Waals surface area contributed by atoms with Gasteiger partial charge in [0.05, 0.1) is 109 Å². The molecule has 666 valence electrons. The van der Waals surface area contributed by atoms with Crippen molar-refractivity contribution in [2.45, 2.75) is 178 Å². The standard InChI is InChI=1S/C34H38N6O5.C32H31N9O3.C31H32N6O4/c1-19-12-20(5-9-28(19)45-3)26-8-4-21(15-36-26)25-16-37-40-31(25)38-30(29-27(43)10-11-35-32(29)40)22-13-23-6-7-24(14-22)39(23)33(44)34(2,17-41)18-42;1-17-11-18(4-8-26(17)44-2)24-7-3-19(14-34-24)23-15-37-41-30(23)38-28(27-25(42)9-10-33-31(27)41)20-12-21-5-6-22(13-20)40(21)32(43)29-35-16-36-39-29;1-17-11-18(4-8-26(17)41-2)24-7-3-19(14-33-24)23-15-34-37-30(23)35-29(28-25(39)9-10-32-31(28)37)20-12-21-5-6-22(13-20)36(21)27(40)16-38/h4-5,8-9,12,15-16,22-24,35,41-42H,6-7,10-11,13-14,17-18H2,1-3H3;3-4,7-8,11,14-16,20-22,33H,5-6,9-10,12-13H2,1-2H3,(H,35,36,39);3-4,7-8,11,14-15,20-22,32,38H,5-6,9-10,12-13,16H2,1-2H3. The Morgan fingerprint density at radius 3 is 1.05 bits per heavy atom. The lowest BCUT2D eigenvalue weighted by Gasteiger charge is -2.43. The molecule has 9 aliphatic rings.